The van der Waals surface area contributed by atoms with Crippen molar-refractivity contribution in [2.45, 2.75) is 44.6 Å². The minimum atomic E-state index is 0. The van der Waals surface area contributed by atoms with Gasteiger partial charge in [0.1, 0.15) is 0 Å². The van der Waals surface area contributed by atoms with Gasteiger partial charge in [0.25, 0.3) is 0 Å². The minimum Gasteiger partial charge on any atom is -0.381 e. The van der Waals surface area contributed by atoms with Gasteiger partial charge in [-0.1, -0.05) is 12.8 Å². The molecule has 0 aromatic heterocycles. The van der Waals surface area contributed by atoms with Crippen LogP contribution in [0.5, 0.6) is 0 Å². The number of nitrogens with one attached hydrogen (secondary N) is 2. The molecule has 134 valence electrons. The molecule has 0 amide bonds. The number of likely N-dealkylation sites (tertiary alicyclic amines) is 1. The SMILES string of the molecule is CN=C(NCCC1CC1)NC1CCN(CC2CCOC2)CC1.I. The zero-order chi connectivity index (χ0) is 15.2. The van der Waals surface area contributed by atoms with Crippen LogP contribution in [0.15, 0.2) is 4.99 Å². The van der Waals surface area contributed by atoms with Crippen molar-refractivity contribution in [2.75, 3.05) is 46.4 Å². The Balaban J connectivity index is 0.00000192. The predicted octanol–water partition coefficient (Wildman–Crippen LogP) is 2.07. The Bertz CT molecular complexity index is 362. The fourth-order valence-corrected chi connectivity index (χ4v) is 3.54. The molecule has 2 N–H and O–H groups in total. The highest BCUT2D eigenvalue weighted by atomic mass is 127. The van der Waals surface area contributed by atoms with Crippen molar-refractivity contribution in [1.29, 1.82) is 0 Å². The highest BCUT2D eigenvalue weighted by Gasteiger charge is 2.24. The number of piperidine rings is 1. The van der Waals surface area contributed by atoms with Gasteiger partial charge in [-0.15, -0.1) is 24.0 Å². The quantitative estimate of drug-likeness (QED) is 0.380. The van der Waals surface area contributed by atoms with Crippen molar-refractivity contribution in [3.05, 3.63) is 0 Å². The zero-order valence-corrected chi connectivity index (χ0v) is 16.8. The van der Waals surface area contributed by atoms with Crippen LogP contribution in [0.25, 0.3) is 0 Å². The highest BCUT2D eigenvalue weighted by Crippen LogP contribution is 2.31. The van der Waals surface area contributed by atoms with Gasteiger partial charge in [0.05, 0.1) is 6.61 Å². The molecule has 1 unspecified atom stereocenters. The Morgan fingerprint density at radius 3 is 2.52 bits per heavy atom. The molecule has 3 fully saturated rings. The lowest BCUT2D eigenvalue weighted by Gasteiger charge is -2.34. The summed E-state index contributed by atoms with van der Waals surface area (Å²) in [6, 6.07) is 0.572. The van der Waals surface area contributed by atoms with Crippen LogP contribution < -0.4 is 10.6 Å². The predicted molar refractivity (Wildman–Crippen MR) is 106 cm³/mol. The van der Waals surface area contributed by atoms with Gasteiger partial charge in [-0.25, -0.2) is 0 Å². The van der Waals surface area contributed by atoms with Crippen LogP contribution in [0.2, 0.25) is 0 Å². The summed E-state index contributed by atoms with van der Waals surface area (Å²) in [6.45, 7) is 6.62. The van der Waals surface area contributed by atoms with Gasteiger partial charge in [-0.05, 0) is 37.5 Å². The van der Waals surface area contributed by atoms with E-state index >= 15 is 0 Å². The first-order chi connectivity index (χ1) is 10.8. The first kappa shape index (κ1) is 19.2. The summed E-state index contributed by atoms with van der Waals surface area (Å²) in [5.74, 6) is 2.73. The Morgan fingerprint density at radius 2 is 1.91 bits per heavy atom. The van der Waals surface area contributed by atoms with Gasteiger partial charge in [0.15, 0.2) is 5.96 Å². The fraction of sp³-hybridized carbons (Fsp3) is 0.941. The second-order valence-corrected chi connectivity index (χ2v) is 7.18. The van der Waals surface area contributed by atoms with Crippen molar-refractivity contribution >= 4 is 29.9 Å². The normalized spacial score (nSPS) is 26.8. The molecule has 0 radical (unpaired) electrons. The van der Waals surface area contributed by atoms with E-state index in [0.717, 1.165) is 37.6 Å². The van der Waals surface area contributed by atoms with E-state index in [-0.39, 0.29) is 24.0 Å². The number of hydrogen-bond acceptors (Lipinski definition) is 3. The molecule has 0 aromatic rings. The molecule has 3 aliphatic rings. The molecule has 0 spiro atoms. The van der Waals surface area contributed by atoms with E-state index in [9.17, 15) is 0 Å². The van der Waals surface area contributed by atoms with Gasteiger partial charge >= 0.3 is 0 Å². The van der Waals surface area contributed by atoms with Crippen LogP contribution in [0, 0.1) is 11.8 Å². The first-order valence-corrected chi connectivity index (χ1v) is 9.11. The molecule has 1 saturated carbocycles. The summed E-state index contributed by atoms with van der Waals surface area (Å²) in [5.41, 5.74) is 0. The summed E-state index contributed by atoms with van der Waals surface area (Å²) < 4.78 is 5.48. The second kappa shape index (κ2) is 10.0. The van der Waals surface area contributed by atoms with Crippen molar-refractivity contribution in [3.63, 3.8) is 0 Å². The summed E-state index contributed by atoms with van der Waals surface area (Å²) in [6.07, 6.45) is 7.84. The Hall–Kier alpha value is -0.0800. The molecular formula is C17H33IN4O. The largest absolute Gasteiger partial charge is 0.381 e. The summed E-state index contributed by atoms with van der Waals surface area (Å²) in [5, 5.41) is 7.07. The fourth-order valence-electron chi connectivity index (χ4n) is 3.54. The molecule has 2 saturated heterocycles. The van der Waals surface area contributed by atoms with E-state index in [1.807, 2.05) is 7.05 Å². The first-order valence-electron chi connectivity index (χ1n) is 9.11. The third kappa shape index (κ3) is 6.74. The molecule has 23 heavy (non-hydrogen) atoms. The highest BCUT2D eigenvalue weighted by molar-refractivity contribution is 14.0. The standard InChI is InChI=1S/C17H32N4O.HI/c1-18-17(19-8-4-14-2-3-14)20-16-5-9-21(10-6-16)12-15-7-11-22-13-15;/h14-16H,2-13H2,1H3,(H2,18,19,20);1H. The minimum absolute atomic E-state index is 0. The average molecular weight is 436 g/mol. The maximum absolute atomic E-state index is 5.48. The number of aliphatic imine (C=N–C) groups is 1. The molecule has 2 heterocycles. The molecule has 0 bridgehead atoms. The van der Waals surface area contributed by atoms with E-state index in [2.05, 4.69) is 20.5 Å². The van der Waals surface area contributed by atoms with E-state index in [0.29, 0.717) is 6.04 Å². The smallest absolute Gasteiger partial charge is 0.191 e. The number of ether oxygens (including phenoxy) is 1. The van der Waals surface area contributed by atoms with Crippen molar-refractivity contribution in [1.82, 2.24) is 15.5 Å². The maximum Gasteiger partial charge on any atom is 0.191 e. The van der Waals surface area contributed by atoms with Crippen LogP contribution in [-0.2, 0) is 4.74 Å². The number of halogens is 1. The second-order valence-electron chi connectivity index (χ2n) is 7.18. The molecule has 3 rings (SSSR count). The van der Waals surface area contributed by atoms with Crippen LogP contribution in [0.1, 0.15) is 38.5 Å². The zero-order valence-electron chi connectivity index (χ0n) is 14.4. The monoisotopic (exact) mass is 436 g/mol. The lowest BCUT2D eigenvalue weighted by Crippen LogP contribution is -2.49. The number of rotatable bonds is 6. The van der Waals surface area contributed by atoms with Gasteiger partial charge in [-0.3, -0.25) is 4.99 Å². The summed E-state index contributed by atoms with van der Waals surface area (Å²) >= 11 is 0. The van der Waals surface area contributed by atoms with Gasteiger partial charge in [0.2, 0.25) is 0 Å². The molecular weight excluding hydrogens is 403 g/mol. The van der Waals surface area contributed by atoms with Crippen molar-refractivity contribution < 1.29 is 4.74 Å². The lowest BCUT2D eigenvalue weighted by molar-refractivity contribution is 0.150. The lowest BCUT2D eigenvalue weighted by atomic mass is 10.0. The van der Waals surface area contributed by atoms with Crippen molar-refractivity contribution in [3.8, 4) is 0 Å². The average Bonchev–Trinajstić information content (AvgIpc) is 3.23. The number of hydrogen-bond donors (Lipinski definition) is 2. The van der Waals surface area contributed by atoms with Gasteiger partial charge in [0, 0.05) is 45.9 Å². The Kier molecular flexibility index (Phi) is 8.40. The Labute approximate surface area is 158 Å². The van der Waals surface area contributed by atoms with Crippen LogP contribution in [0.3, 0.4) is 0 Å². The molecule has 0 aromatic carbocycles. The third-order valence-corrected chi connectivity index (χ3v) is 5.23. The van der Waals surface area contributed by atoms with Gasteiger partial charge < -0.3 is 20.3 Å². The number of guanidine groups is 1. The van der Waals surface area contributed by atoms with Gasteiger partial charge in [-0.2, -0.15) is 0 Å². The van der Waals surface area contributed by atoms with E-state index < -0.39 is 0 Å². The Morgan fingerprint density at radius 1 is 1.13 bits per heavy atom. The molecule has 1 atom stereocenters. The van der Waals surface area contributed by atoms with E-state index in [1.165, 1.54) is 58.2 Å². The van der Waals surface area contributed by atoms with Crippen molar-refractivity contribution in [2.24, 2.45) is 16.8 Å². The number of nitrogens with zero attached hydrogens (tertiary/aromatic N) is 2. The third-order valence-electron chi connectivity index (χ3n) is 5.23. The molecule has 1 aliphatic carbocycles. The maximum atomic E-state index is 5.48. The van der Waals surface area contributed by atoms with E-state index in [4.69, 9.17) is 4.74 Å². The molecule has 5 nitrogen and oxygen atoms in total. The van der Waals surface area contributed by atoms with Crippen LogP contribution >= 0.6 is 24.0 Å². The summed E-state index contributed by atoms with van der Waals surface area (Å²) in [7, 11) is 1.88. The topological polar surface area (TPSA) is 48.9 Å². The summed E-state index contributed by atoms with van der Waals surface area (Å²) in [4.78, 5) is 6.98. The van der Waals surface area contributed by atoms with Crippen LogP contribution in [-0.4, -0.2) is 63.3 Å². The van der Waals surface area contributed by atoms with Crippen LogP contribution in [0.4, 0.5) is 0 Å². The molecule has 2 aliphatic heterocycles. The van der Waals surface area contributed by atoms with E-state index in [1.54, 1.807) is 0 Å². The molecule has 6 heteroatoms.